The molecular weight excluding hydrogens is 388 g/mol. The Morgan fingerprint density at radius 1 is 1.35 bits per heavy atom. The third-order valence-corrected chi connectivity index (χ3v) is 5.42. The van der Waals surface area contributed by atoms with E-state index in [4.69, 9.17) is 4.74 Å². The van der Waals surface area contributed by atoms with E-state index >= 15 is 0 Å². The fourth-order valence-electron chi connectivity index (χ4n) is 1.77. The lowest BCUT2D eigenvalue weighted by atomic mass is 10.2. The van der Waals surface area contributed by atoms with Crippen LogP contribution in [0.3, 0.4) is 0 Å². The van der Waals surface area contributed by atoms with Gasteiger partial charge in [-0.05, 0) is 60.9 Å². The molecule has 126 valence electrons. The number of rotatable bonds is 6. The van der Waals surface area contributed by atoms with Crippen molar-refractivity contribution in [2.24, 2.45) is 0 Å². The summed E-state index contributed by atoms with van der Waals surface area (Å²) in [6.07, 6.45) is 0.906. The molecule has 0 bridgehead atoms. The van der Waals surface area contributed by atoms with Crippen LogP contribution in [-0.2, 0) is 19.6 Å². The first-order valence-corrected chi connectivity index (χ1v) is 9.26. The Hall–Kier alpha value is -1.45. The highest BCUT2D eigenvalue weighted by Crippen LogP contribution is 2.23. The fourth-order valence-corrected chi connectivity index (χ4v) is 2.93. The zero-order chi connectivity index (χ0) is 17.2. The molecule has 0 heterocycles. The van der Waals surface area contributed by atoms with Crippen LogP contribution in [0.2, 0.25) is 0 Å². The number of benzene rings is 1. The first-order valence-electron chi connectivity index (χ1n) is 6.99. The Kier molecular flexibility index (Phi) is 5.43. The van der Waals surface area contributed by atoms with E-state index in [1.807, 2.05) is 0 Å². The van der Waals surface area contributed by atoms with Gasteiger partial charge in [0.25, 0.3) is 5.91 Å². The van der Waals surface area contributed by atoms with Gasteiger partial charge < -0.3 is 10.1 Å². The Labute approximate surface area is 143 Å². The number of ether oxygens (including phenoxy) is 1. The van der Waals surface area contributed by atoms with Crippen molar-refractivity contribution in [3.63, 3.8) is 0 Å². The highest BCUT2D eigenvalue weighted by atomic mass is 79.9. The van der Waals surface area contributed by atoms with Crippen LogP contribution >= 0.6 is 15.9 Å². The number of halogens is 1. The number of nitrogens with one attached hydrogen (secondary N) is 2. The van der Waals surface area contributed by atoms with E-state index in [-0.39, 0.29) is 22.4 Å². The van der Waals surface area contributed by atoms with E-state index in [0.717, 1.165) is 12.8 Å². The SMILES string of the molecule is CNS(=O)(=O)c1ccc(Br)c(C(=O)O[C@H](C)C(=O)NC2CC2)c1. The molecule has 1 saturated carbocycles. The monoisotopic (exact) mass is 404 g/mol. The summed E-state index contributed by atoms with van der Waals surface area (Å²) in [5.74, 6) is -1.14. The summed E-state index contributed by atoms with van der Waals surface area (Å²) in [5, 5.41) is 2.74. The van der Waals surface area contributed by atoms with E-state index < -0.39 is 22.1 Å². The molecule has 0 aliphatic heterocycles. The third-order valence-electron chi connectivity index (χ3n) is 3.31. The van der Waals surface area contributed by atoms with Gasteiger partial charge in [0, 0.05) is 10.5 Å². The van der Waals surface area contributed by atoms with Crippen LogP contribution < -0.4 is 10.0 Å². The smallest absolute Gasteiger partial charge is 0.340 e. The number of amides is 1. The minimum absolute atomic E-state index is 0.0346. The van der Waals surface area contributed by atoms with E-state index in [9.17, 15) is 18.0 Å². The third kappa shape index (κ3) is 4.52. The first kappa shape index (κ1) is 17.9. The Bertz CT molecular complexity index is 731. The molecule has 2 N–H and O–H groups in total. The minimum atomic E-state index is -3.68. The van der Waals surface area contributed by atoms with Crippen LogP contribution in [0.5, 0.6) is 0 Å². The standard InChI is InChI=1S/C14H17BrN2O5S/c1-8(13(18)17-9-3-4-9)22-14(19)11-7-10(5-6-12(11)15)23(20,21)16-2/h5-9,16H,3-4H2,1-2H3,(H,17,18)/t8-/m1/s1. The molecule has 23 heavy (non-hydrogen) atoms. The van der Waals surface area contributed by atoms with Gasteiger partial charge in [-0.2, -0.15) is 0 Å². The second-order valence-electron chi connectivity index (χ2n) is 5.18. The van der Waals surface area contributed by atoms with Crippen LogP contribution in [-0.4, -0.2) is 39.5 Å². The van der Waals surface area contributed by atoms with Crippen LogP contribution in [0, 0.1) is 0 Å². The molecular formula is C14H17BrN2O5S. The van der Waals surface area contributed by atoms with Gasteiger partial charge in [0.15, 0.2) is 6.10 Å². The van der Waals surface area contributed by atoms with Crippen molar-refractivity contribution in [1.29, 1.82) is 0 Å². The van der Waals surface area contributed by atoms with E-state index in [1.165, 1.54) is 32.2 Å². The average molecular weight is 405 g/mol. The molecule has 0 unspecified atom stereocenters. The maximum absolute atomic E-state index is 12.2. The predicted molar refractivity (Wildman–Crippen MR) is 86.4 cm³/mol. The van der Waals surface area contributed by atoms with Crippen LogP contribution in [0.4, 0.5) is 0 Å². The van der Waals surface area contributed by atoms with Crippen LogP contribution in [0.1, 0.15) is 30.1 Å². The molecule has 1 aliphatic rings. The van der Waals surface area contributed by atoms with E-state index in [1.54, 1.807) is 0 Å². The second-order valence-corrected chi connectivity index (χ2v) is 7.92. The lowest BCUT2D eigenvalue weighted by Gasteiger charge is -2.14. The lowest BCUT2D eigenvalue weighted by Crippen LogP contribution is -2.37. The summed E-state index contributed by atoms with van der Waals surface area (Å²) in [6, 6.07) is 4.16. The topological polar surface area (TPSA) is 102 Å². The molecule has 0 saturated heterocycles. The number of carbonyl (C=O) groups excluding carboxylic acids is 2. The molecule has 2 rings (SSSR count). The maximum atomic E-state index is 12.2. The molecule has 9 heteroatoms. The van der Waals surface area contributed by atoms with Crippen molar-refractivity contribution in [1.82, 2.24) is 10.0 Å². The molecule has 1 aromatic carbocycles. The Morgan fingerprint density at radius 2 is 2.00 bits per heavy atom. The number of esters is 1. The van der Waals surface area contributed by atoms with Crippen molar-refractivity contribution in [2.45, 2.75) is 36.8 Å². The molecule has 7 nitrogen and oxygen atoms in total. The molecule has 1 fully saturated rings. The molecule has 1 amide bonds. The van der Waals surface area contributed by atoms with Crippen molar-refractivity contribution in [2.75, 3.05) is 7.05 Å². The quantitative estimate of drug-likeness (QED) is 0.693. The molecule has 1 aliphatic carbocycles. The van der Waals surface area contributed by atoms with E-state index in [2.05, 4.69) is 26.0 Å². The van der Waals surface area contributed by atoms with Crippen LogP contribution in [0.25, 0.3) is 0 Å². The van der Waals surface area contributed by atoms with Gasteiger partial charge in [-0.15, -0.1) is 0 Å². The number of hydrogen-bond donors (Lipinski definition) is 2. The van der Waals surface area contributed by atoms with Gasteiger partial charge in [-0.1, -0.05) is 0 Å². The molecule has 0 spiro atoms. The summed E-state index contributed by atoms with van der Waals surface area (Å²) in [5.41, 5.74) is 0.0346. The second kappa shape index (κ2) is 6.98. The first-order chi connectivity index (χ1) is 10.7. The normalized spacial score (nSPS) is 15.8. The zero-order valence-corrected chi connectivity index (χ0v) is 15.0. The van der Waals surface area contributed by atoms with E-state index in [0.29, 0.717) is 4.47 Å². The van der Waals surface area contributed by atoms with Crippen LogP contribution in [0.15, 0.2) is 27.6 Å². The van der Waals surface area contributed by atoms with Gasteiger partial charge in [0.2, 0.25) is 10.0 Å². The van der Waals surface area contributed by atoms with Crippen molar-refractivity contribution in [3.05, 3.63) is 28.2 Å². The summed E-state index contributed by atoms with van der Waals surface area (Å²) in [7, 11) is -2.40. The lowest BCUT2D eigenvalue weighted by molar-refractivity contribution is -0.129. The number of hydrogen-bond acceptors (Lipinski definition) is 5. The molecule has 0 radical (unpaired) electrons. The van der Waals surface area contributed by atoms with Gasteiger partial charge in [-0.25, -0.2) is 17.9 Å². The number of carbonyl (C=O) groups is 2. The summed E-state index contributed by atoms with van der Waals surface area (Å²) < 4.78 is 31.3. The predicted octanol–water partition coefficient (Wildman–Crippen LogP) is 1.18. The largest absolute Gasteiger partial charge is 0.449 e. The van der Waals surface area contributed by atoms with Crippen molar-refractivity contribution >= 4 is 37.8 Å². The minimum Gasteiger partial charge on any atom is -0.449 e. The molecule has 1 aromatic rings. The zero-order valence-electron chi connectivity index (χ0n) is 12.6. The fraction of sp³-hybridized carbons (Fsp3) is 0.429. The Morgan fingerprint density at radius 3 is 2.57 bits per heavy atom. The summed E-state index contributed by atoms with van der Waals surface area (Å²) in [4.78, 5) is 23.9. The highest BCUT2D eigenvalue weighted by Gasteiger charge is 2.28. The number of sulfonamides is 1. The van der Waals surface area contributed by atoms with Gasteiger partial charge in [-0.3, -0.25) is 4.79 Å². The Balaban J connectivity index is 2.14. The molecule has 1 atom stereocenters. The maximum Gasteiger partial charge on any atom is 0.340 e. The van der Waals surface area contributed by atoms with Crippen molar-refractivity contribution in [3.8, 4) is 0 Å². The summed E-state index contributed by atoms with van der Waals surface area (Å²) in [6.45, 7) is 1.47. The van der Waals surface area contributed by atoms with Gasteiger partial charge in [0.1, 0.15) is 0 Å². The van der Waals surface area contributed by atoms with Gasteiger partial charge in [0.05, 0.1) is 10.5 Å². The average Bonchev–Trinajstić information content (AvgIpc) is 3.31. The summed E-state index contributed by atoms with van der Waals surface area (Å²) >= 11 is 3.18. The van der Waals surface area contributed by atoms with Gasteiger partial charge >= 0.3 is 5.97 Å². The van der Waals surface area contributed by atoms with Crippen molar-refractivity contribution < 1.29 is 22.7 Å². The molecule has 0 aromatic heterocycles. The highest BCUT2D eigenvalue weighted by molar-refractivity contribution is 9.10.